The van der Waals surface area contributed by atoms with Crippen molar-refractivity contribution in [2.75, 3.05) is 13.2 Å². The molecule has 0 saturated carbocycles. The van der Waals surface area contributed by atoms with Gasteiger partial charge in [-0.15, -0.1) is 6.42 Å². The third kappa shape index (κ3) is 4.62. The zero-order chi connectivity index (χ0) is 7.82. The molecule has 0 spiro atoms. The van der Waals surface area contributed by atoms with Gasteiger partial charge in [-0.25, -0.2) is 0 Å². The van der Waals surface area contributed by atoms with Crippen LogP contribution in [0.25, 0.3) is 0 Å². The summed E-state index contributed by atoms with van der Waals surface area (Å²) in [4.78, 5) is 0. The SMILES string of the molecule is [CH2-]CC1OCCCO1.[Cl][Zn+]. The molecule has 0 amide bonds. The van der Waals surface area contributed by atoms with Crippen LogP contribution in [-0.2, 0) is 26.8 Å². The van der Waals surface area contributed by atoms with Gasteiger partial charge in [0.2, 0.25) is 0 Å². The topological polar surface area (TPSA) is 18.5 Å². The summed E-state index contributed by atoms with van der Waals surface area (Å²) >= 11 is 0.847. The first-order valence-electron chi connectivity index (χ1n) is 3.22. The molecule has 0 aromatic heterocycles. The van der Waals surface area contributed by atoms with E-state index in [1.54, 1.807) is 0 Å². The summed E-state index contributed by atoms with van der Waals surface area (Å²) < 4.78 is 10.3. The molecule has 0 aromatic rings. The molecule has 1 aliphatic rings. The Balaban J connectivity index is 0.000000371. The van der Waals surface area contributed by atoms with E-state index < -0.39 is 0 Å². The summed E-state index contributed by atoms with van der Waals surface area (Å²) in [5, 5.41) is 0. The van der Waals surface area contributed by atoms with Crippen LogP contribution in [0.2, 0.25) is 0 Å². The molecular formula is C6H11ClO2Zn. The van der Waals surface area contributed by atoms with Crippen LogP contribution in [0, 0.1) is 6.92 Å². The van der Waals surface area contributed by atoms with E-state index in [0.717, 1.165) is 43.4 Å². The van der Waals surface area contributed by atoms with E-state index >= 15 is 0 Å². The molecule has 1 aliphatic heterocycles. The van der Waals surface area contributed by atoms with Crippen molar-refractivity contribution >= 4 is 9.69 Å². The van der Waals surface area contributed by atoms with E-state index in [1.807, 2.05) is 0 Å². The van der Waals surface area contributed by atoms with Crippen molar-refractivity contribution in [1.29, 1.82) is 0 Å². The van der Waals surface area contributed by atoms with E-state index in [1.165, 1.54) is 0 Å². The number of rotatable bonds is 1. The Bertz CT molecular complexity index is 66.8. The second-order valence-corrected chi connectivity index (χ2v) is 1.81. The molecular weight excluding hydrogens is 205 g/mol. The van der Waals surface area contributed by atoms with Crippen LogP contribution in [0.3, 0.4) is 0 Å². The molecule has 0 atom stereocenters. The van der Waals surface area contributed by atoms with Gasteiger partial charge in [0.05, 0.1) is 13.2 Å². The molecule has 0 bridgehead atoms. The summed E-state index contributed by atoms with van der Waals surface area (Å²) in [6, 6.07) is 0. The fraction of sp³-hybridized carbons (Fsp3) is 0.833. The molecule has 1 fully saturated rings. The van der Waals surface area contributed by atoms with Gasteiger partial charge < -0.3 is 16.4 Å². The van der Waals surface area contributed by atoms with E-state index in [2.05, 4.69) is 6.92 Å². The Morgan fingerprint density at radius 3 is 2.20 bits per heavy atom. The van der Waals surface area contributed by atoms with Gasteiger partial charge in [0, 0.05) is 0 Å². The zero-order valence-corrected chi connectivity index (χ0v) is 9.74. The molecule has 4 heteroatoms. The van der Waals surface area contributed by atoms with Gasteiger partial charge in [0.1, 0.15) is 6.29 Å². The van der Waals surface area contributed by atoms with Gasteiger partial charge in [-0.2, -0.15) is 0 Å². The summed E-state index contributed by atoms with van der Waals surface area (Å²) in [5.41, 5.74) is 0. The second kappa shape index (κ2) is 7.94. The Morgan fingerprint density at radius 1 is 1.40 bits per heavy atom. The van der Waals surface area contributed by atoms with Gasteiger partial charge in [-0.1, -0.05) is 0 Å². The van der Waals surface area contributed by atoms with Gasteiger partial charge in [0.15, 0.2) is 0 Å². The third-order valence-corrected chi connectivity index (χ3v) is 1.13. The van der Waals surface area contributed by atoms with Crippen LogP contribution < -0.4 is 0 Å². The summed E-state index contributed by atoms with van der Waals surface area (Å²) in [5.74, 6) is 0. The average molecular weight is 216 g/mol. The molecule has 10 heavy (non-hydrogen) atoms. The second-order valence-electron chi connectivity index (χ2n) is 1.81. The minimum absolute atomic E-state index is 0.0243. The van der Waals surface area contributed by atoms with E-state index in [9.17, 15) is 0 Å². The molecule has 0 unspecified atom stereocenters. The average Bonchev–Trinajstić information content (AvgIpc) is 2.10. The van der Waals surface area contributed by atoms with Crippen molar-refractivity contribution in [3.63, 3.8) is 0 Å². The maximum atomic E-state index is 5.14. The Kier molecular flexibility index (Phi) is 8.60. The molecule has 0 aromatic carbocycles. The van der Waals surface area contributed by atoms with Gasteiger partial charge in [0.25, 0.3) is 0 Å². The maximum absolute atomic E-state index is 5.14. The van der Waals surface area contributed by atoms with Gasteiger partial charge in [-0.3, -0.25) is 0 Å². The van der Waals surface area contributed by atoms with Crippen LogP contribution in [0.1, 0.15) is 12.8 Å². The van der Waals surface area contributed by atoms with Crippen LogP contribution in [0.15, 0.2) is 0 Å². The molecule has 2 nitrogen and oxygen atoms in total. The quantitative estimate of drug-likeness (QED) is 0.490. The number of hydrogen-bond donors (Lipinski definition) is 0. The Hall–Kier alpha value is 0.833. The van der Waals surface area contributed by atoms with Crippen LogP contribution >= 0.6 is 9.69 Å². The van der Waals surface area contributed by atoms with Gasteiger partial charge in [-0.05, 0) is 6.42 Å². The predicted molar refractivity (Wildman–Crippen MR) is 36.1 cm³/mol. The summed E-state index contributed by atoms with van der Waals surface area (Å²) in [6.45, 7) is 5.33. The van der Waals surface area contributed by atoms with Crippen molar-refractivity contribution in [1.82, 2.24) is 0 Å². The van der Waals surface area contributed by atoms with E-state index in [-0.39, 0.29) is 6.29 Å². The molecule has 1 rings (SSSR count). The van der Waals surface area contributed by atoms with Crippen molar-refractivity contribution in [3.8, 4) is 0 Å². The molecule has 1 heterocycles. The number of halogens is 1. The molecule has 1 saturated heterocycles. The van der Waals surface area contributed by atoms with Crippen LogP contribution in [0.4, 0.5) is 0 Å². The standard InChI is InChI=1S/C6H11O2.ClH.Zn/c1-2-6-7-4-3-5-8-6;;/h6H,1-5H2;1H;/q-1;;+2/p-1. The summed E-state index contributed by atoms with van der Waals surface area (Å²) in [6.07, 6.45) is 1.72. The monoisotopic (exact) mass is 214 g/mol. The van der Waals surface area contributed by atoms with Crippen molar-refractivity contribution in [2.24, 2.45) is 0 Å². The number of ether oxygens (including phenoxy) is 2. The van der Waals surface area contributed by atoms with Crippen LogP contribution in [0.5, 0.6) is 0 Å². The van der Waals surface area contributed by atoms with Crippen molar-refractivity contribution in [2.45, 2.75) is 19.1 Å². The first-order chi connectivity index (χ1) is 4.93. The van der Waals surface area contributed by atoms with Crippen LogP contribution in [-0.4, -0.2) is 19.5 Å². The summed E-state index contributed by atoms with van der Waals surface area (Å²) in [7, 11) is 4.76. The van der Waals surface area contributed by atoms with E-state index in [4.69, 9.17) is 19.2 Å². The Labute approximate surface area is 75.9 Å². The molecule has 0 radical (unpaired) electrons. The normalized spacial score (nSPS) is 19.6. The molecule has 0 aliphatic carbocycles. The first kappa shape index (κ1) is 10.8. The zero-order valence-electron chi connectivity index (χ0n) is 6.01. The third-order valence-electron chi connectivity index (χ3n) is 1.13. The molecule has 56 valence electrons. The van der Waals surface area contributed by atoms with E-state index in [0.29, 0.717) is 0 Å². The van der Waals surface area contributed by atoms with Crippen molar-refractivity contribution < 1.29 is 26.8 Å². The van der Waals surface area contributed by atoms with Gasteiger partial charge >= 0.3 is 27.0 Å². The fourth-order valence-electron chi connectivity index (χ4n) is 0.703. The fourth-order valence-corrected chi connectivity index (χ4v) is 0.703. The minimum atomic E-state index is -0.0243. The Morgan fingerprint density at radius 2 is 1.90 bits per heavy atom. The molecule has 0 N–H and O–H groups in total. The van der Waals surface area contributed by atoms with Crippen molar-refractivity contribution in [3.05, 3.63) is 6.92 Å². The predicted octanol–water partition coefficient (Wildman–Crippen LogP) is 1.66. The first-order valence-corrected chi connectivity index (χ1v) is 7.12. The number of hydrogen-bond acceptors (Lipinski definition) is 2.